The molecule has 1 aliphatic heterocycles. The number of rotatable bonds is 2. The SMILES string of the molecule is Cc1ccc(C2c3c(C)nn(-c4ccccc4)c3NC(=O)C2C#N)cc1. The van der Waals surface area contributed by atoms with Crippen molar-refractivity contribution >= 4 is 11.7 Å². The number of carbonyl (C=O) groups is 1. The van der Waals surface area contributed by atoms with Crippen LogP contribution in [0.15, 0.2) is 54.6 Å². The van der Waals surface area contributed by atoms with Crippen LogP contribution in [0.1, 0.15) is 28.3 Å². The minimum absolute atomic E-state index is 0.289. The van der Waals surface area contributed by atoms with Gasteiger partial charge in [-0.05, 0) is 31.5 Å². The lowest BCUT2D eigenvalue weighted by Crippen LogP contribution is -2.34. The van der Waals surface area contributed by atoms with Gasteiger partial charge in [-0.15, -0.1) is 0 Å². The first kappa shape index (κ1) is 16.1. The van der Waals surface area contributed by atoms with Crippen molar-refractivity contribution < 1.29 is 4.79 Å². The average Bonchev–Trinajstić information content (AvgIpc) is 2.98. The molecule has 5 nitrogen and oxygen atoms in total. The summed E-state index contributed by atoms with van der Waals surface area (Å²) >= 11 is 0. The summed E-state index contributed by atoms with van der Waals surface area (Å²) in [5, 5.41) is 17.2. The summed E-state index contributed by atoms with van der Waals surface area (Å²) in [6.07, 6.45) is 0. The number of fused-ring (bicyclic) bond motifs is 1. The molecule has 0 radical (unpaired) electrons. The van der Waals surface area contributed by atoms with Crippen LogP contribution in [-0.4, -0.2) is 15.7 Å². The number of aromatic nitrogens is 2. The van der Waals surface area contributed by atoms with Gasteiger partial charge in [0.15, 0.2) is 0 Å². The number of nitrogens with one attached hydrogen (secondary N) is 1. The van der Waals surface area contributed by atoms with Crippen LogP contribution in [0.5, 0.6) is 0 Å². The number of nitrogens with zero attached hydrogens (tertiary/aromatic N) is 3. The number of amides is 1. The largest absolute Gasteiger partial charge is 0.309 e. The summed E-state index contributed by atoms with van der Waals surface area (Å²) in [4.78, 5) is 12.7. The molecule has 2 unspecified atom stereocenters. The zero-order valence-corrected chi connectivity index (χ0v) is 14.6. The Hall–Kier alpha value is -3.39. The van der Waals surface area contributed by atoms with E-state index in [1.165, 1.54) is 0 Å². The summed E-state index contributed by atoms with van der Waals surface area (Å²) in [5.74, 6) is -0.752. The molecule has 3 aromatic rings. The monoisotopic (exact) mass is 342 g/mol. The molecule has 2 atom stereocenters. The van der Waals surface area contributed by atoms with E-state index in [9.17, 15) is 10.1 Å². The van der Waals surface area contributed by atoms with Crippen molar-refractivity contribution in [2.75, 3.05) is 5.32 Å². The molecule has 0 spiro atoms. The predicted octanol–water partition coefficient (Wildman–Crippen LogP) is 3.71. The highest BCUT2D eigenvalue weighted by Gasteiger charge is 2.40. The second kappa shape index (κ2) is 6.16. The summed E-state index contributed by atoms with van der Waals surface area (Å²) < 4.78 is 1.75. The third-order valence-corrected chi connectivity index (χ3v) is 4.85. The Morgan fingerprint density at radius 2 is 1.77 bits per heavy atom. The van der Waals surface area contributed by atoms with Crippen molar-refractivity contribution in [1.82, 2.24) is 9.78 Å². The molecule has 4 rings (SSSR count). The molecule has 0 saturated heterocycles. The normalized spacial score (nSPS) is 18.7. The molecule has 1 N–H and O–H groups in total. The highest BCUT2D eigenvalue weighted by atomic mass is 16.2. The average molecular weight is 342 g/mol. The number of nitriles is 1. The van der Waals surface area contributed by atoms with Gasteiger partial charge in [0.2, 0.25) is 5.91 Å². The quantitative estimate of drug-likeness (QED) is 0.772. The maximum Gasteiger partial charge on any atom is 0.243 e. The second-order valence-electron chi connectivity index (χ2n) is 6.58. The van der Waals surface area contributed by atoms with Crippen molar-refractivity contribution in [1.29, 1.82) is 5.26 Å². The van der Waals surface area contributed by atoms with E-state index in [4.69, 9.17) is 0 Å². The number of benzene rings is 2. The molecule has 5 heteroatoms. The van der Waals surface area contributed by atoms with Crippen LogP contribution in [-0.2, 0) is 4.79 Å². The smallest absolute Gasteiger partial charge is 0.243 e. The first-order valence-electron chi connectivity index (χ1n) is 8.52. The molecule has 2 aromatic carbocycles. The molecule has 1 amide bonds. The van der Waals surface area contributed by atoms with E-state index in [1.54, 1.807) is 4.68 Å². The molecular formula is C21H18N4O. The van der Waals surface area contributed by atoms with E-state index in [0.29, 0.717) is 5.82 Å². The van der Waals surface area contributed by atoms with Crippen LogP contribution in [0.4, 0.5) is 5.82 Å². The number of carbonyl (C=O) groups excluding carboxylic acids is 1. The molecule has 0 bridgehead atoms. The molecule has 26 heavy (non-hydrogen) atoms. The van der Waals surface area contributed by atoms with E-state index >= 15 is 0 Å². The third-order valence-electron chi connectivity index (χ3n) is 4.85. The zero-order valence-electron chi connectivity index (χ0n) is 14.6. The van der Waals surface area contributed by atoms with Gasteiger partial charge in [0.05, 0.1) is 17.5 Å². The van der Waals surface area contributed by atoms with Gasteiger partial charge in [-0.25, -0.2) is 4.68 Å². The van der Waals surface area contributed by atoms with Crippen molar-refractivity contribution in [2.24, 2.45) is 5.92 Å². The van der Waals surface area contributed by atoms with Crippen LogP contribution in [0.25, 0.3) is 5.69 Å². The summed E-state index contributed by atoms with van der Waals surface area (Å²) in [5.41, 5.74) is 4.68. The predicted molar refractivity (Wildman–Crippen MR) is 99.1 cm³/mol. The molecule has 1 aromatic heterocycles. The Bertz CT molecular complexity index is 1010. The highest BCUT2D eigenvalue weighted by molar-refractivity contribution is 5.98. The topological polar surface area (TPSA) is 70.7 Å². The lowest BCUT2D eigenvalue weighted by Gasteiger charge is -2.28. The Labute approximate surface area is 151 Å². The number of hydrogen-bond acceptors (Lipinski definition) is 3. The van der Waals surface area contributed by atoms with Crippen LogP contribution >= 0.6 is 0 Å². The Morgan fingerprint density at radius 3 is 2.42 bits per heavy atom. The third kappa shape index (κ3) is 2.47. The minimum atomic E-state index is -0.780. The molecule has 0 fully saturated rings. The van der Waals surface area contributed by atoms with E-state index in [0.717, 1.165) is 28.1 Å². The van der Waals surface area contributed by atoms with E-state index in [2.05, 4.69) is 16.5 Å². The van der Waals surface area contributed by atoms with Gasteiger partial charge in [0, 0.05) is 11.5 Å². The standard InChI is InChI=1S/C21H18N4O/c1-13-8-10-15(11-9-13)19-17(12-22)21(26)23-20-18(19)14(2)24-25(20)16-6-4-3-5-7-16/h3-11,17,19H,1-2H3,(H,23,26). The fourth-order valence-electron chi connectivity index (χ4n) is 3.57. The van der Waals surface area contributed by atoms with Crippen molar-refractivity contribution in [3.63, 3.8) is 0 Å². The van der Waals surface area contributed by atoms with Crippen LogP contribution in [0.3, 0.4) is 0 Å². The minimum Gasteiger partial charge on any atom is -0.309 e. The lowest BCUT2D eigenvalue weighted by atomic mass is 9.78. The van der Waals surface area contributed by atoms with Crippen LogP contribution in [0.2, 0.25) is 0 Å². The lowest BCUT2D eigenvalue weighted by molar-refractivity contribution is -0.119. The van der Waals surface area contributed by atoms with Gasteiger partial charge in [0.1, 0.15) is 11.7 Å². The van der Waals surface area contributed by atoms with Gasteiger partial charge in [-0.2, -0.15) is 10.4 Å². The molecule has 0 aliphatic carbocycles. The Balaban J connectivity index is 1.94. The van der Waals surface area contributed by atoms with Crippen molar-refractivity contribution in [3.05, 3.63) is 77.0 Å². The number of anilines is 1. The first-order valence-corrected chi connectivity index (χ1v) is 8.52. The van der Waals surface area contributed by atoms with E-state index < -0.39 is 5.92 Å². The van der Waals surface area contributed by atoms with E-state index in [-0.39, 0.29) is 11.8 Å². The Kier molecular flexibility index (Phi) is 3.81. The van der Waals surface area contributed by atoms with Gasteiger partial charge in [0.25, 0.3) is 0 Å². The molecule has 1 aliphatic rings. The fourth-order valence-corrected chi connectivity index (χ4v) is 3.57. The van der Waals surface area contributed by atoms with Crippen LogP contribution < -0.4 is 5.32 Å². The van der Waals surface area contributed by atoms with Gasteiger partial charge < -0.3 is 5.32 Å². The maximum absolute atomic E-state index is 12.7. The fraction of sp³-hybridized carbons (Fsp3) is 0.190. The molecule has 2 heterocycles. The van der Waals surface area contributed by atoms with E-state index in [1.807, 2.05) is 68.4 Å². The summed E-state index contributed by atoms with van der Waals surface area (Å²) in [7, 11) is 0. The second-order valence-corrected chi connectivity index (χ2v) is 6.58. The summed E-state index contributed by atoms with van der Waals surface area (Å²) in [6, 6.07) is 19.9. The van der Waals surface area contributed by atoms with Crippen LogP contribution in [0, 0.1) is 31.1 Å². The van der Waals surface area contributed by atoms with Gasteiger partial charge >= 0.3 is 0 Å². The zero-order chi connectivity index (χ0) is 18.3. The molecule has 128 valence electrons. The Morgan fingerprint density at radius 1 is 1.08 bits per heavy atom. The molecule has 0 saturated carbocycles. The summed E-state index contributed by atoms with van der Waals surface area (Å²) in [6.45, 7) is 3.94. The maximum atomic E-state index is 12.7. The number of hydrogen-bond donors (Lipinski definition) is 1. The van der Waals surface area contributed by atoms with Gasteiger partial charge in [-0.3, -0.25) is 4.79 Å². The van der Waals surface area contributed by atoms with Crippen molar-refractivity contribution in [2.45, 2.75) is 19.8 Å². The molecular weight excluding hydrogens is 324 g/mol. The highest BCUT2D eigenvalue weighted by Crippen LogP contribution is 2.43. The number of aryl methyl sites for hydroxylation is 2. The number of para-hydroxylation sites is 1. The first-order chi connectivity index (χ1) is 12.6. The van der Waals surface area contributed by atoms with Crippen molar-refractivity contribution in [3.8, 4) is 11.8 Å². The van der Waals surface area contributed by atoms with Gasteiger partial charge in [-0.1, -0.05) is 48.0 Å².